The smallest absolute Gasteiger partial charge is 0.138 e. The summed E-state index contributed by atoms with van der Waals surface area (Å²) in [7, 11) is 0. The third-order valence-electron chi connectivity index (χ3n) is 4.41. The third-order valence-corrected chi connectivity index (χ3v) is 4.41. The number of fused-ring (bicyclic) bond motifs is 2. The third kappa shape index (κ3) is 3.32. The number of hydrogen-bond acceptors (Lipinski definition) is 3. The van der Waals surface area contributed by atoms with Crippen LogP contribution < -0.4 is 4.74 Å². The number of pyridine rings is 1. The van der Waals surface area contributed by atoms with Crippen molar-refractivity contribution >= 4 is 0 Å². The van der Waals surface area contributed by atoms with Crippen molar-refractivity contribution in [3.05, 3.63) is 24.0 Å². The quantitative estimate of drug-likeness (QED) is 0.845. The van der Waals surface area contributed by atoms with Crippen molar-refractivity contribution in [2.24, 2.45) is 5.92 Å². The van der Waals surface area contributed by atoms with Crippen molar-refractivity contribution < 1.29 is 4.74 Å². The molecule has 1 aromatic heterocycles. The molecule has 0 radical (unpaired) electrons. The lowest BCUT2D eigenvalue weighted by Crippen LogP contribution is -2.38. The Labute approximate surface area is 122 Å². The van der Waals surface area contributed by atoms with Crippen molar-refractivity contribution in [2.75, 3.05) is 13.1 Å². The van der Waals surface area contributed by atoms with Gasteiger partial charge in [0.2, 0.25) is 0 Å². The summed E-state index contributed by atoms with van der Waals surface area (Å²) in [4.78, 5) is 7.02. The molecule has 2 fully saturated rings. The Morgan fingerprint density at radius 3 is 2.90 bits per heavy atom. The van der Waals surface area contributed by atoms with E-state index in [0.29, 0.717) is 6.04 Å². The van der Waals surface area contributed by atoms with Crippen molar-refractivity contribution in [1.82, 2.24) is 9.88 Å². The van der Waals surface area contributed by atoms with E-state index in [1.807, 2.05) is 12.4 Å². The Hall–Kier alpha value is -1.09. The summed E-state index contributed by atoms with van der Waals surface area (Å²) >= 11 is 0. The number of ether oxygens (including phenoxy) is 1. The Morgan fingerprint density at radius 1 is 1.25 bits per heavy atom. The maximum Gasteiger partial charge on any atom is 0.138 e. The maximum atomic E-state index is 5.92. The van der Waals surface area contributed by atoms with Crippen molar-refractivity contribution in [2.45, 2.75) is 58.1 Å². The summed E-state index contributed by atoms with van der Waals surface area (Å²) < 4.78 is 5.92. The lowest BCUT2D eigenvalue weighted by Gasteiger charge is -2.32. The molecule has 0 aliphatic carbocycles. The molecule has 2 aliphatic heterocycles. The van der Waals surface area contributed by atoms with Gasteiger partial charge in [-0.25, -0.2) is 0 Å². The molecule has 0 spiro atoms. The largest absolute Gasteiger partial charge is 0.487 e. The van der Waals surface area contributed by atoms with E-state index < -0.39 is 0 Å². The molecule has 2 bridgehead atoms. The van der Waals surface area contributed by atoms with Crippen LogP contribution >= 0.6 is 0 Å². The number of aromatic nitrogens is 1. The Balaban J connectivity index is 1.66. The summed E-state index contributed by atoms with van der Waals surface area (Å²) in [5.74, 6) is 1.87. The molecule has 3 heteroatoms. The predicted octanol–water partition coefficient (Wildman–Crippen LogP) is 3.29. The van der Waals surface area contributed by atoms with Gasteiger partial charge >= 0.3 is 0 Å². The molecule has 0 saturated carbocycles. The van der Waals surface area contributed by atoms with Crippen molar-refractivity contribution in [3.8, 4) is 5.75 Å². The van der Waals surface area contributed by atoms with Gasteiger partial charge in [-0.2, -0.15) is 0 Å². The van der Waals surface area contributed by atoms with Crippen LogP contribution in [0, 0.1) is 5.92 Å². The summed E-state index contributed by atoms with van der Waals surface area (Å²) in [5, 5.41) is 0. The first kappa shape index (κ1) is 13.9. The lowest BCUT2D eigenvalue weighted by atomic mass is 9.93. The zero-order valence-corrected chi connectivity index (χ0v) is 12.9. The lowest BCUT2D eigenvalue weighted by molar-refractivity contribution is 0.130. The first-order valence-corrected chi connectivity index (χ1v) is 7.86. The molecule has 3 nitrogen and oxygen atoms in total. The van der Waals surface area contributed by atoms with Crippen LogP contribution in [0.3, 0.4) is 0 Å². The van der Waals surface area contributed by atoms with Crippen LogP contribution in [0.1, 0.15) is 45.6 Å². The Morgan fingerprint density at radius 2 is 2.10 bits per heavy atom. The van der Waals surface area contributed by atoms with Gasteiger partial charge < -0.3 is 4.74 Å². The second-order valence-corrected chi connectivity index (χ2v) is 7.33. The second-order valence-electron chi connectivity index (χ2n) is 7.33. The molecule has 0 amide bonds. The van der Waals surface area contributed by atoms with Gasteiger partial charge in [0.1, 0.15) is 11.4 Å². The van der Waals surface area contributed by atoms with E-state index in [4.69, 9.17) is 4.74 Å². The molecular formula is C17H26N2O. The SMILES string of the molecule is CC(C)(C)Oc1cncc(CC2CCC3CCN2C3)c1. The highest BCUT2D eigenvalue weighted by Crippen LogP contribution is 2.32. The summed E-state index contributed by atoms with van der Waals surface area (Å²) in [6.07, 6.45) is 9.09. The van der Waals surface area contributed by atoms with Crippen LogP contribution in [-0.2, 0) is 6.42 Å². The average molecular weight is 274 g/mol. The van der Waals surface area contributed by atoms with E-state index in [-0.39, 0.29) is 5.60 Å². The highest BCUT2D eigenvalue weighted by molar-refractivity contribution is 5.25. The van der Waals surface area contributed by atoms with Crippen LogP contribution in [0.15, 0.2) is 18.5 Å². The highest BCUT2D eigenvalue weighted by Gasteiger charge is 2.33. The van der Waals surface area contributed by atoms with Gasteiger partial charge in [-0.15, -0.1) is 0 Å². The fraction of sp³-hybridized carbons (Fsp3) is 0.706. The van der Waals surface area contributed by atoms with Gasteiger partial charge in [-0.05, 0) is 70.5 Å². The molecule has 1 aromatic rings. The Kier molecular flexibility index (Phi) is 3.72. The molecule has 0 N–H and O–H groups in total. The van der Waals surface area contributed by atoms with Gasteiger partial charge in [0.05, 0.1) is 6.20 Å². The minimum Gasteiger partial charge on any atom is -0.487 e. The molecule has 3 unspecified atom stereocenters. The Bertz CT molecular complexity index is 466. The zero-order valence-electron chi connectivity index (χ0n) is 12.9. The normalized spacial score (nSPS) is 29.4. The first-order chi connectivity index (χ1) is 9.49. The minimum absolute atomic E-state index is 0.159. The molecule has 2 aliphatic rings. The van der Waals surface area contributed by atoms with Gasteiger partial charge in [-0.3, -0.25) is 9.88 Å². The summed E-state index contributed by atoms with van der Waals surface area (Å²) in [6.45, 7) is 8.83. The van der Waals surface area contributed by atoms with E-state index in [1.54, 1.807) is 0 Å². The van der Waals surface area contributed by atoms with Gasteiger partial charge in [-0.1, -0.05) is 0 Å². The van der Waals surface area contributed by atoms with Crippen LogP contribution in [0.2, 0.25) is 0 Å². The van der Waals surface area contributed by atoms with E-state index in [9.17, 15) is 0 Å². The number of hydrogen-bond donors (Lipinski definition) is 0. The fourth-order valence-corrected chi connectivity index (χ4v) is 3.53. The van der Waals surface area contributed by atoms with Crippen molar-refractivity contribution in [3.63, 3.8) is 0 Å². The maximum absolute atomic E-state index is 5.92. The van der Waals surface area contributed by atoms with Crippen LogP contribution in [0.5, 0.6) is 5.75 Å². The predicted molar refractivity (Wildman–Crippen MR) is 81.0 cm³/mol. The number of nitrogens with zero attached hydrogens (tertiary/aromatic N) is 2. The van der Waals surface area contributed by atoms with Gasteiger partial charge in [0, 0.05) is 18.8 Å². The van der Waals surface area contributed by atoms with E-state index in [0.717, 1.165) is 18.1 Å². The average Bonchev–Trinajstić information content (AvgIpc) is 2.74. The summed E-state index contributed by atoms with van der Waals surface area (Å²) in [6, 6.07) is 2.88. The number of piperidine rings is 1. The van der Waals surface area contributed by atoms with Crippen LogP contribution in [-0.4, -0.2) is 34.6 Å². The first-order valence-electron chi connectivity index (χ1n) is 7.86. The van der Waals surface area contributed by atoms with E-state index in [1.165, 1.54) is 37.9 Å². The molecule has 3 heterocycles. The molecule has 3 rings (SSSR count). The summed E-state index contributed by atoms with van der Waals surface area (Å²) in [5.41, 5.74) is 1.15. The van der Waals surface area contributed by atoms with Crippen molar-refractivity contribution in [1.29, 1.82) is 0 Å². The van der Waals surface area contributed by atoms with Crippen LogP contribution in [0.4, 0.5) is 0 Å². The van der Waals surface area contributed by atoms with Gasteiger partial charge in [0.15, 0.2) is 0 Å². The van der Waals surface area contributed by atoms with Crippen LogP contribution in [0.25, 0.3) is 0 Å². The highest BCUT2D eigenvalue weighted by atomic mass is 16.5. The van der Waals surface area contributed by atoms with E-state index >= 15 is 0 Å². The minimum atomic E-state index is -0.159. The number of rotatable bonds is 3. The molecular weight excluding hydrogens is 248 g/mol. The molecule has 3 atom stereocenters. The molecule has 110 valence electrons. The monoisotopic (exact) mass is 274 g/mol. The molecule has 2 saturated heterocycles. The molecule has 0 aromatic carbocycles. The molecule has 20 heavy (non-hydrogen) atoms. The zero-order chi connectivity index (χ0) is 14.2. The van der Waals surface area contributed by atoms with Gasteiger partial charge in [0.25, 0.3) is 0 Å². The topological polar surface area (TPSA) is 25.4 Å². The standard InChI is InChI=1S/C17H26N2O/c1-17(2,3)20-16-9-14(10-18-11-16)8-15-5-4-13-6-7-19(15)12-13/h9-11,13,15H,4-8,12H2,1-3H3. The second kappa shape index (κ2) is 5.36. The van der Waals surface area contributed by atoms with E-state index in [2.05, 4.69) is 36.7 Å². The fourth-order valence-electron chi connectivity index (χ4n) is 3.53.